The second-order valence-corrected chi connectivity index (χ2v) is 4.92. The standard InChI is InChI=1S/C17H15FN4O/c18-14-6-4-13(5-7-14)17(23)21-10-12-22-11-9-20-16(22)15-3-1-2-8-19-15/h1-9,11H,10,12H2,(H,21,23). The van der Waals surface area contributed by atoms with E-state index in [9.17, 15) is 9.18 Å². The maximum atomic E-state index is 12.8. The minimum Gasteiger partial charge on any atom is -0.350 e. The van der Waals surface area contributed by atoms with Crippen molar-refractivity contribution in [2.45, 2.75) is 6.54 Å². The van der Waals surface area contributed by atoms with E-state index in [-0.39, 0.29) is 11.7 Å². The second-order valence-electron chi connectivity index (χ2n) is 4.92. The summed E-state index contributed by atoms with van der Waals surface area (Å²) in [6.07, 6.45) is 5.25. The fourth-order valence-electron chi connectivity index (χ4n) is 2.21. The summed E-state index contributed by atoms with van der Waals surface area (Å²) >= 11 is 0. The summed E-state index contributed by atoms with van der Waals surface area (Å²) in [5, 5.41) is 2.80. The van der Waals surface area contributed by atoms with Crippen LogP contribution in [0.3, 0.4) is 0 Å². The Morgan fingerprint density at radius 1 is 1.09 bits per heavy atom. The summed E-state index contributed by atoms with van der Waals surface area (Å²) in [6, 6.07) is 11.1. The molecule has 3 aromatic rings. The molecule has 23 heavy (non-hydrogen) atoms. The maximum Gasteiger partial charge on any atom is 0.251 e. The Balaban J connectivity index is 1.60. The van der Waals surface area contributed by atoms with Gasteiger partial charge in [-0.3, -0.25) is 9.78 Å². The van der Waals surface area contributed by atoms with Gasteiger partial charge in [-0.25, -0.2) is 9.37 Å². The van der Waals surface area contributed by atoms with Gasteiger partial charge in [0.05, 0.1) is 0 Å². The van der Waals surface area contributed by atoms with E-state index in [1.54, 1.807) is 12.4 Å². The third-order valence-corrected chi connectivity index (χ3v) is 3.35. The zero-order valence-electron chi connectivity index (χ0n) is 12.3. The highest BCUT2D eigenvalue weighted by molar-refractivity contribution is 5.94. The van der Waals surface area contributed by atoms with Crippen molar-refractivity contribution in [1.29, 1.82) is 0 Å². The van der Waals surface area contributed by atoms with Crippen molar-refractivity contribution in [3.05, 3.63) is 72.4 Å². The minimum absolute atomic E-state index is 0.232. The van der Waals surface area contributed by atoms with Crippen LogP contribution >= 0.6 is 0 Å². The minimum atomic E-state index is -0.361. The summed E-state index contributed by atoms with van der Waals surface area (Å²) < 4.78 is 14.8. The van der Waals surface area contributed by atoms with E-state index in [1.807, 2.05) is 29.0 Å². The number of hydrogen-bond acceptors (Lipinski definition) is 3. The monoisotopic (exact) mass is 310 g/mol. The maximum absolute atomic E-state index is 12.8. The van der Waals surface area contributed by atoms with Crippen molar-refractivity contribution >= 4 is 5.91 Å². The van der Waals surface area contributed by atoms with Crippen LogP contribution in [0.4, 0.5) is 4.39 Å². The molecule has 0 fully saturated rings. The summed E-state index contributed by atoms with van der Waals surface area (Å²) in [6.45, 7) is 1.01. The Morgan fingerprint density at radius 2 is 1.91 bits per heavy atom. The fraction of sp³-hybridized carbons (Fsp3) is 0.118. The molecule has 0 saturated heterocycles. The molecule has 2 aromatic heterocycles. The van der Waals surface area contributed by atoms with Crippen LogP contribution in [0.15, 0.2) is 61.1 Å². The molecule has 1 aromatic carbocycles. The Kier molecular flexibility index (Phi) is 4.42. The lowest BCUT2D eigenvalue weighted by Crippen LogP contribution is -2.27. The van der Waals surface area contributed by atoms with Crippen LogP contribution < -0.4 is 5.32 Å². The highest BCUT2D eigenvalue weighted by Gasteiger charge is 2.08. The molecule has 0 aliphatic heterocycles. The molecule has 116 valence electrons. The lowest BCUT2D eigenvalue weighted by Gasteiger charge is -2.09. The van der Waals surface area contributed by atoms with Gasteiger partial charge < -0.3 is 9.88 Å². The number of halogens is 1. The predicted molar refractivity (Wildman–Crippen MR) is 84.2 cm³/mol. The average molecular weight is 310 g/mol. The number of rotatable bonds is 5. The molecule has 0 saturated carbocycles. The quantitative estimate of drug-likeness (QED) is 0.788. The number of hydrogen-bond donors (Lipinski definition) is 1. The first-order valence-electron chi connectivity index (χ1n) is 7.20. The zero-order chi connectivity index (χ0) is 16.1. The number of nitrogens with one attached hydrogen (secondary N) is 1. The lowest BCUT2D eigenvalue weighted by atomic mass is 10.2. The molecule has 6 heteroatoms. The van der Waals surface area contributed by atoms with Gasteiger partial charge in [0.1, 0.15) is 11.5 Å². The van der Waals surface area contributed by atoms with E-state index in [0.29, 0.717) is 18.7 Å². The first-order chi connectivity index (χ1) is 11.2. The normalized spacial score (nSPS) is 10.5. The van der Waals surface area contributed by atoms with Crippen LogP contribution in [0.5, 0.6) is 0 Å². The number of amides is 1. The molecule has 0 atom stereocenters. The molecule has 0 aliphatic rings. The van der Waals surface area contributed by atoms with Crippen LogP contribution in [0.1, 0.15) is 10.4 Å². The lowest BCUT2D eigenvalue weighted by molar-refractivity contribution is 0.0952. The molecular weight excluding hydrogens is 295 g/mol. The smallest absolute Gasteiger partial charge is 0.251 e. The van der Waals surface area contributed by atoms with Crippen LogP contribution in [-0.4, -0.2) is 27.0 Å². The first kappa shape index (κ1) is 14.9. The number of nitrogens with zero attached hydrogens (tertiary/aromatic N) is 3. The summed E-state index contributed by atoms with van der Waals surface area (Å²) in [5.41, 5.74) is 1.21. The molecule has 5 nitrogen and oxygen atoms in total. The Labute approximate surface area is 132 Å². The van der Waals surface area contributed by atoms with Gasteiger partial charge in [-0.05, 0) is 36.4 Å². The van der Waals surface area contributed by atoms with E-state index >= 15 is 0 Å². The van der Waals surface area contributed by atoms with E-state index in [4.69, 9.17) is 0 Å². The molecule has 1 amide bonds. The molecule has 2 heterocycles. The van der Waals surface area contributed by atoms with Crippen molar-refractivity contribution in [3.63, 3.8) is 0 Å². The van der Waals surface area contributed by atoms with E-state index in [1.165, 1.54) is 24.3 Å². The van der Waals surface area contributed by atoms with Crippen LogP contribution in [0.2, 0.25) is 0 Å². The van der Waals surface area contributed by atoms with Gasteiger partial charge in [-0.15, -0.1) is 0 Å². The molecule has 3 rings (SSSR count). The second kappa shape index (κ2) is 6.83. The molecule has 0 unspecified atom stereocenters. The summed E-state index contributed by atoms with van der Waals surface area (Å²) in [5.74, 6) is 0.158. The highest BCUT2D eigenvalue weighted by Crippen LogP contribution is 2.13. The Hall–Kier alpha value is -3.02. The molecule has 0 aliphatic carbocycles. The van der Waals surface area contributed by atoms with Crippen LogP contribution in [0.25, 0.3) is 11.5 Å². The van der Waals surface area contributed by atoms with Gasteiger partial charge in [-0.2, -0.15) is 0 Å². The van der Waals surface area contributed by atoms with Crippen molar-refractivity contribution in [3.8, 4) is 11.5 Å². The Bertz CT molecular complexity index is 784. The molecule has 0 spiro atoms. The molecule has 1 N–H and O–H groups in total. The average Bonchev–Trinajstić information content (AvgIpc) is 3.05. The van der Waals surface area contributed by atoms with Gasteiger partial charge in [0, 0.05) is 37.2 Å². The summed E-state index contributed by atoms with van der Waals surface area (Å²) in [4.78, 5) is 20.5. The summed E-state index contributed by atoms with van der Waals surface area (Å²) in [7, 11) is 0. The van der Waals surface area contributed by atoms with Crippen LogP contribution in [-0.2, 0) is 6.54 Å². The third kappa shape index (κ3) is 3.60. The third-order valence-electron chi connectivity index (χ3n) is 3.35. The topological polar surface area (TPSA) is 59.8 Å². The van der Waals surface area contributed by atoms with Gasteiger partial charge in [0.15, 0.2) is 5.82 Å². The number of aromatic nitrogens is 3. The number of benzene rings is 1. The van der Waals surface area contributed by atoms with Gasteiger partial charge in [0.25, 0.3) is 5.91 Å². The van der Waals surface area contributed by atoms with E-state index in [0.717, 1.165) is 11.5 Å². The van der Waals surface area contributed by atoms with Gasteiger partial charge in [-0.1, -0.05) is 6.07 Å². The molecule has 0 radical (unpaired) electrons. The van der Waals surface area contributed by atoms with E-state index < -0.39 is 0 Å². The number of pyridine rings is 1. The van der Waals surface area contributed by atoms with Crippen molar-refractivity contribution in [2.75, 3.05) is 6.54 Å². The largest absolute Gasteiger partial charge is 0.350 e. The van der Waals surface area contributed by atoms with Crippen LogP contribution in [0, 0.1) is 5.82 Å². The van der Waals surface area contributed by atoms with E-state index in [2.05, 4.69) is 15.3 Å². The predicted octanol–water partition coefficient (Wildman–Crippen LogP) is 2.51. The van der Waals surface area contributed by atoms with Crippen molar-refractivity contribution in [1.82, 2.24) is 19.9 Å². The SMILES string of the molecule is O=C(NCCn1ccnc1-c1ccccn1)c1ccc(F)cc1. The molecular formula is C17H15FN4O. The highest BCUT2D eigenvalue weighted by atomic mass is 19.1. The number of carbonyl (C=O) groups excluding carboxylic acids is 1. The van der Waals surface area contributed by atoms with Crippen molar-refractivity contribution < 1.29 is 9.18 Å². The van der Waals surface area contributed by atoms with Gasteiger partial charge in [0.2, 0.25) is 0 Å². The van der Waals surface area contributed by atoms with Gasteiger partial charge >= 0.3 is 0 Å². The fourth-order valence-corrected chi connectivity index (χ4v) is 2.21. The zero-order valence-corrected chi connectivity index (χ0v) is 12.3. The molecule has 0 bridgehead atoms. The Morgan fingerprint density at radius 3 is 2.65 bits per heavy atom. The number of imidazole rings is 1. The number of carbonyl (C=O) groups is 1. The first-order valence-corrected chi connectivity index (χ1v) is 7.20. The van der Waals surface area contributed by atoms with Crippen molar-refractivity contribution in [2.24, 2.45) is 0 Å².